The van der Waals surface area contributed by atoms with Crippen LogP contribution in [0.3, 0.4) is 0 Å². The van der Waals surface area contributed by atoms with Crippen LogP contribution in [-0.2, 0) is 4.74 Å². The summed E-state index contributed by atoms with van der Waals surface area (Å²) in [5.74, 6) is 0.662. The van der Waals surface area contributed by atoms with Crippen molar-refractivity contribution in [3.63, 3.8) is 0 Å². The Hall–Kier alpha value is -0.590. The van der Waals surface area contributed by atoms with Crippen LogP contribution >= 0.6 is 27.5 Å². The van der Waals surface area contributed by atoms with E-state index in [1.807, 2.05) is 4.90 Å². The number of hydrogen-bond acceptors (Lipinski definition) is 5. The first-order chi connectivity index (χ1) is 8.22. The highest BCUT2D eigenvalue weighted by Gasteiger charge is 2.13. The Labute approximate surface area is 114 Å². The van der Waals surface area contributed by atoms with Gasteiger partial charge in [-0.25, -0.2) is 4.98 Å². The van der Waals surface area contributed by atoms with Crippen molar-refractivity contribution >= 4 is 33.3 Å². The second-order valence-corrected chi connectivity index (χ2v) is 4.40. The molecule has 5 nitrogen and oxygen atoms in total. The SMILES string of the molecule is COCCN(CCBr)c1nc(OC)ncc1Cl. The quantitative estimate of drug-likeness (QED) is 0.718. The second-order valence-electron chi connectivity index (χ2n) is 3.20. The molecular weight excluding hydrogens is 309 g/mol. The van der Waals surface area contributed by atoms with Crippen LogP contribution in [0.15, 0.2) is 6.20 Å². The predicted octanol–water partition coefficient (Wildman–Crippen LogP) is 1.99. The Kier molecular flexibility index (Phi) is 6.54. The average Bonchev–Trinajstić information content (AvgIpc) is 2.35. The molecule has 1 aromatic heterocycles. The van der Waals surface area contributed by atoms with Crippen molar-refractivity contribution in [1.29, 1.82) is 0 Å². The fourth-order valence-electron chi connectivity index (χ4n) is 1.29. The van der Waals surface area contributed by atoms with E-state index >= 15 is 0 Å². The molecule has 0 unspecified atom stereocenters. The van der Waals surface area contributed by atoms with Crippen LogP contribution in [0.5, 0.6) is 6.01 Å². The molecule has 0 aliphatic carbocycles. The van der Waals surface area contributed by atoms with Gasteiger partial charge in [0.25, 0.3) is 0 Å². The van der Waals surface area contributed by atoms with Gasteiger partial charge in [-0.2, -0.15) is 4.98 Å². The van der Waals surface area contributed by atoms with Gasteiger partial charge in [-0.1, -0.05) is 27.5 Å². The van der Waals surface area contributed by atoms with E-state index in [4.69, 9.17) is 21.1 Å². The van der Waals surface area contributed by atoms with Crippen molar-refractivity contribution in [3.05, 3.63) is 11.2 Å². The van der Waals surface area contributed by atoms with Gasteiger partial charge < -0.3 is 14.4 Å². The minimum atomic E-state index is 0.307. The van der Waals surface area contributed by atoms with Gasteiger partial charge in [0.05, 0.1) is 19.9 Å². The number of anilines is 1. The average molecular weight is 325 g/mol. The third-order valence-corrected chi connectivity index (χ3v) is 2.73. The molecule has 0 aliphatic rings. The summed E-state index contributed by atoms with van der Waals surface area (Å²) in [6.07, 6.45) is 1.54. The zero-order chi connectivity index (χ0) is 12.7. The molecule has 0 saturated carbocycles. The molecule has 96 valence electrons. The smallest absolute Gasteiger partial charge is 0.318 e. The molecule has 7 heteroatoms. The number of halogens is 2. The lowest BCUT2D eigenvalue weighted by atomic mass is 10.4. The van der Waals surface area contributed by atoms with Crippen LogP contribution < -0.4 is 9.64 Å². The zero-order valence-corrected chi connectivity index (χ0v) is 12.2. The Morgan fingerprint density at radius 1 is 1.41 bits per heavy atom. The number of hydrogen-bond donors (Lipinski definition) is 0. The lowest BCUT2D eigenvalue weighted by molar-refractivity contribution is 0.205. The maximum absolute atomic E-state index is 6.08. The van der Waals surface area contributed by atoms with Gasteiger partial charge in [0, 0.05) is 25.5 Å². The van der Waals surface area contributed by atoms with Gasteiger partial charge in [-0.3, -0.25) is 0 Å². The van der Waals surface area contributed by atoms with Gasteiger partial charge in [0.1, 0.15) is 5.02 Å². The summed E-state index contributed by atoms with van der Waals surface area (Å²) in [6, 6.07) is 0.307. The molecule has 0 aliphatic heterocycles. The minimum absolute atomic E-state index is 0.307. The van der Waals surface area contributed by atoms with E-state index in [9.17, 15) is 0 Å². The van der Waals surface area contributed by atoms with Gasteiger partial charge >= 0.3 is 6.01 Å². The minimum Gasteiger partial charge on any atom is -0.467 e. The molecule has 0 amide bonds. The van der Waals surface area contributed by atoms with Crippen molar-refractivity contribution in [2.45, 2.75) is 0 Å². The lowest BCUT2D eigenvalue weighted by Gasteiger charge is -2.23. The maximum Gasteiger partial charge on any atom is 0.318 e. The third-order valence-electron chi connectivity index (χ3n) is 2.11. The summed E-state index contributed by atoms with van der Waals surface area (Å²) in [5.41, 5.74) is 0. The first-order valence-corrected chi connectivity index (χ1v) is 6.59. The highest BCUT2D eigenvalue weighted by molar-refractivity contribution is 9.09. The molecule has 0 saturated heterocycles. The molecular formula is C10H15BrClN3O2. The van der Waals surface area contributed by atoms with E-state index in [0.29, 0.717) is 30.0 Å². The largest absolute Gasteiger partial charge is 0.467 e. The summed E-state index contributed by atoms with van der Waals surface area (Å²) in [6.45, 7) is 2.10. The molecule has 0 radical (unpaired) electrons. The monoisotopic (exact) mass is 323 g/mol. The number of alkyl halides is 1. The number of ether oxygens (including phenoxy) is 2. The third kappa shape index (κ3) is 4.29. The standard InChI is InChI=1S/C10H15BrClN3O2/c1-16-6-5-15(4-3-11)9-8(12)7-13-10(14-9)17-2/h7H,3-6H2,1-2H3. The molecule has 0 N–H and O–H groups in total. The van der Waals surface area contributed by atoms with Gasteiger partial charge in [-0.05, 0) is 0 Å². The molecule has 1 rings (SSSR count). The zero-order valence-electron chi connectivity index (χ0n) is 9.82. The summed E-state index contributed by atoms with van der Waals surface area (Å²) < 4.78 is 10.1. The summed E-state index contributed by atoms with van der Waals surface area (Å²) in [5, 5.41) is 1.32. The highest BCUT2D eigenvalue weighted by Crippen LogP contribution is 2.24. The fraction of sp³-hybridized carbons (Fsp3) is 0.600. The van der Waals surface area contributed by atoms with Crippen LogP contribution in [0.25, 0.3) is 0 Å². The van der Waals surface area contributed by atoms with Crippen molar-refractivity contribution in [2.75, 3.05) is 44.1 Å². The van der Waals surface area contributed by atoms with E-state index in [-0.39, 0.29) is 0 Å². The fourth-order valence-corrected chi connectivity index (χ4v) is 1.93. The lowest BCUT2D eigenvalue weighted by Crippen LogP contribution is -2.30. The molecule has 0 fully saturated rings. The first kappa shape index (κ1) is 14.5. The molecule has 1 aromatic rings. The van der Waals surface area contributed by atoms with Crippen molar-refractivity contribution in [2.24, 2.45) is 0 Å². The van der Waals surface area contributed by atoms with Crippen LogP contribution in [0, 0.1) is 0 Å². The van der Waals surface area contributed by atoms with Crippen LogP contribution in [0.1, 0.15) is 0 Å². The number of methoxy groups -OCH3 is 2. The normalized spacial score (nSPS) is 10.4. The van der Waals surface area contributed by atoms with E-state index in [0.717, 1.165) is 11.9 Å². The van der Waals surface area contributed by atoms with E-state index in [1.165, 1.54) is 13.3 Å². The van der Waals surface area contributed by atoms with Crippen molar-refractivity contribution in [3.8, 4) is 6.01 Å². The molecule has 17 heavy (non-hydrogen) atoms. The van der Waals surface area contributed by atoms with Crippen LogP contribution in [0.4, 0.5) is 5.82 Å². The summed E-state index contributed by atoms with van der Waals surface area (Å²) in [7, 11) is 3.19. The molecule has 0 aromatic carbocycles. The molecule has 0 bridgehead atoms. The van der Waals surface area contributed by atoms with Gasteiger partial charge in [-0.15, -0.1) is 0 Å². The summed E-state index contributed by atoms with van der Waals surface area (Å²) in [4.78, 5) is 10.2. The Bertz CT molecular complexity index is 354. The Morgan fingerprint density at radius 3 is 2.76 bits per heavy atom. The van der Waals surface area contributed by atoms with Gasteiger partial charge in [0.15, 0.2) is 5.82 Å². The highest BCUT2D eigenvalue weighted by atomic mass is 79.9. The first-order valence-electron chi connectivity index (χ1n) is 5.09. The van der Waals surface area contributed by atoms with Crippen LogP contribution in [0.2, 0.25) is 5.02 Å². The van der Waals surface area contributed by atoms with Crippen molar-refractivity contribution < 1.29 is 9.47 Å². The van der Waals surface area contributed by atoms with E-state index < -0.39 is 0 Å². The Balaban J connectivity index is 2.90. The molecule has 1 heterocycles. The van der Waals surface area contributed by atoms with Gasteiger partial charge in [0.2, 0.25) is 0 Å². The second kappa shape index (κ2) is 7.68. The predicted molar refractivity (Wildman–Crippen MR) is 71.5 cm³/mol. The summed E-state index contributed by atoms with van der Waals surface area (Å²) >= 11 is 9.48. The number of nitrogens with zero attached hydrogens (tertiary/aromatic N) is 3. The Morgan fingerprint density at radius 2 is 2.18 bits per heavy atom. The molecule has 0 spiro atoms. The molecule has 0 atom stereocenters. The maximum atomic E-state index is 6.08. The van der Waals surface area contributed by atoms with E-state index in [2.05, 4.69) is 25.9 Å². The topological polar surface area (TPSA) is 47.5 Å². The van der Waals surface area contributed by atoms with E-state index in [1.54, 1.807) is 7.11 Å². The van der Waals surface area contributed by atoms with Crippen molar-refractivity contribution in [1.82, 2.24) is 9.97 Å². The van der Waals surface area contributed by atoms with Crippen LogP contribution in [-0.4, -0.2) is 49.2 Å². The number of rotatable bonds is 7. The number of aromatic nitrogens is 2.